The van der Waals surface area contributed by atoms with Gasteiger partial charge >= 0.3 is 17.9 Å². The number of unbranched alkanes of at least 4 members (excludes halogenated alkanes) is 4. The number of aliphatic hydroxyl groups excluding tert-OH is 4. The number of ether oxygens (including phenoxy) is 2. The highest BCUT2D eigenvalue weighted by Gasteiger charge is 2.24. The van der Waals surface area contributed by atoms with E-state index in [9.17, 15) is 44.4 Å². The van der Waals surface area contributed by atoms with E-state index in [1.165, 1.54) is 0 Å². The number of carbonyl (C=O) groups excluding carboxylic acids is 4. The van der Waals surface area contributed by atoms with Crippen molar-refractivity contribution in [3.63, 3.8) is 0 Å². The summed E-state index contributed by atoms with van der Waals surface area (Å²) in [6, 6.07) is 0. The summed E-state index contributed by atoms with van der Waals surface area (Å²) in [5.41, 5.74) is 0. The molecule has 0 aliphatic rings. The molecule has 0 aliphatic heterocycles. The third-order valence-corrected chi connectivity index (χ3v) is 6.31. The molecule has 0 amide bonds. The summed E-state index contributed by atoms with van der Waals surface area (Å²) in [6.45, 7) is 2.65. The maximum atomic E-state index is 12.1. The molecule has 41 heavy (non-hydrogen) atoms. The first-order valence-corrected chi connectivity index (χ1v) is 14.5. The molecule has 0 bridgehead atoms. The summed E-state index contributed by atoms with van der Waals surface area (Å²) in [7, 11) is 0. The molecule has 6 N–H and O–H groups in total. The molecular formula is C28H49NO12. The molecule has 0 aromatic carbocycles. The second-order valence-electron chi connectivity index (χ2n) is 9.98. The van der Waals surface area contributed by atoms with Crippen molar-refractivity contribution in [2.24, 2.45) is 0 Å². The fourth-order valence-electron chi connectivity index (χ4n) is 3.79. The van der Waals surface area contributed by atoms with E-state index in [4.69, 9.17) is 14.6 Å². The van der Waals surface area contributed by atoms with Crippen LogP contribution in [0.2, 0.25) is 0 Å². The van der Waals surface area contributed by atoms with Crippen molar-refractivity contribution >= 4 is 29.5 Å². The molecule has 238 valence electrons. The van der Waals surface area contributed by atoms with Crippen LogP contribution in [0, 0.1) is 0 Å². The Hall–Kier alpha value is -2.45. The molecule has 0 aliphatic carbocycles. The van der Waals surface area contributed by atoms with Gasteiger partial charge in [0.25, 0.3) is 0 Å². The van der Waals surface area contributed by atoms with Crippen molar-refractivity contribution in [2.75, 3.05) is 26.3 Å². The topological polar surface area (TPSA) is 217 Å². The molecule has 0 fully saturated rings. The standard InChI is InChI=1S/C28H49NO12/c1-2-3-4-5-6-18-40-26(37)15-19-41-25(36)12-8-10-21(31)28(39)23(33)14-17-29-16-13-22(32)27(38)20(30)9-7-11-24(34)35/h20-23,29-33H,2-19H2,1H3,(H,34,35). The van der Waals surface area contributed by atoms with Crippen LogP contribution in [-0.2, 0) is 33.4 Å². The van der Waals surface area contributed by atoms with Gasteiger partial charge < -0.3 is 40.3 Å². The van der Waals surface area contributed by atoms with Crippen molar-refractivity contribution in [2.45, 2.75) is 121 Å². The second kappa shape index (κ2) is 24.2. The van der Waals surface area contributed by atoms with Crippen LogP contribution >= 0.6 is 0 Å². The fraction of sp³-hybridized carbons (Fsp3) is 0.821. The molecule has 4 unspecified atom stereocenters. The molecule has 0 aromatic rings. The average Bonchev–Trinajstić information content (AvgIpc) is 2.93. The van der Waals surface area contributed by atoms with Crippen LogP contribution in [0.4, 0.5) is 0 Å². The summed E-state index contributed by atoms with van der Waals surface area (Å²) in [5, 5.41) is 51.0. The minimum Gasteiger partial charge on any atom is -0.481 e. The highest BCUT2D eigenvalue weighted by Crippen LogP contribution is 2.09. The Morgan fingerprint density at radius 1 is 0.585 bits per heavy atom. The molecule has 0 aromatic heterocycles. The van der Waals surface area contributed by atoms with Crippen LogP contribution in [0.5, 0.6) is 0 Å². The van der Waals surface area contributed by atoms with Crippen molar-refractivity contribution in [3.05, 3.63) is 0 Å². The predicted molar refractivity (Wildman–Crippen MR) is 147 cm³/mol. The first-order valence-electron chi connectivity index (χ1n) is 14.5. The lowest BCUT2D eigenvalue weighted by atomic mass is 10.0. The predicted octanol–water partition coefficient (Wildman–Crippen LogP) is 0.810. The first kappa shape index (κ1) is 38.5. The monoisotopic (exact) mass is 591 g/mol. The fourth-order valence-corrected chi connectivity index (χ4v) is 3.79. The van der Waals surface area contributed by atoms with Crippen molar-refractivity contribution < 1.29 is 59.0 Å². The van der Waals surface area contributed by atoms with E-state index in [2.05, 4.69) is 12.2 Å². The largest absolute Gasteiger partial charge is 0.481 e. The first-order chi connectivity index (χ1) is 19.5. The Morgan fingerprint density at radius 2 is 1.05 bits per heavy atom. The zero-order valence-corrected chi connectivity index (χ0v) is 24.1. The number of ketones is 2. The summed E-state index contributed by atoms with van der Waals surface area (Å²) in [4.78, 5) is 58.0. The van der Waals surface area contributed by atoms with Crippen molar-refractivity contribution in [3.8, 4) is 0 Å². The van der Waals surface area contributed by atoms with Gasteiger partial charge in [0.15, 0.2) is 11.6 Å². The highest BCUT2D eigenvalue weighted by molar-refractivity contribution is 5.87. The number of aliphatic hydroxyl groups is 4. The van der Waals surface area contributed by atoms with Gasteiger partial charge in [0.05, 0.1) is 13.0 Å². The summed E-state index contributed by atoms with van der Waals surface area (Å²) in [6.07, 6.45) is -0.861. The number of hydrogen-bond acceptors (Lipinski definition) is 12. The molecule has 4 atom stereocenters. The van der Waals surface area contributed by atoms with Gasteiger partial charge in [0.1, 0.15) is 31.0 Å². The number of rotatable bonds is 27. The minimum absolute atomic E-state index is 0.0299. The SMILES string of the molecule is CCCCCCCOC(=O)CCOC(=O)CCCC(O)C(=O)C(O)CCNCCC(O)C(=O)C(O)CCCC(=O)O. The lowest BCUT2D eigenvalue weighted by molar-refractivity contribution is -0.150. The molecule has 0 saturated carbocycles. The lowest BCUT2D eigenvalue weighted by Gasteiger charge is -2.16. The zero-order chi connectivity index (χ0) is 31.0. The van der Waals surface area contributed by atoms with Crippen LogP contribution in [0.3, 0.4) is 0 Å². The smallest absolute Gasteiger partial charge is 0.309 e. The molecular weight excluding hydrogens is 542 g/mol. The van der Waals surface area contributed by atoms with E-state index in [-0.39, 0.29) is 77.5 Å². The van der Waals surface area contributed by atoms with E-state index in [1.807, 2.05) is 0 Å². The van der Waals surface area contributed by atoms with Gasteiger partial charge in [-0.1, -0.05) is 32.6 Å². The third kappa shape index (κ3) is 21.0. The summed E-state index contributed by atoms with van der Waals surface area (Å²) >= 11 is 0. The maximum absolute atomic E-state index is 12.1. The normalized spacial score (nSPS) is 14.1. The van der Waals surface area contributed by atoms with E-state index >= 15 is 0 Å². The Bertz CT molecular complexity index is 775. The van der Waals surface area contributed by atoms with Gasteiger partial charge in [0, 0.05) is 12.8 Å². The van der Waals surface area contributed by atoms with Gasteiger partial charge in [0.2, 0.25) is 0 Å². The van der Waals surface area contributed by atoms with Crippen molar-refractivity contribution in [1.82, 2.24) is 5.32 Å². The third-order valence-electron chi connectivity index (χ3n) is 6.31. The van der Waals surface area contributed by atoms with Gasteiger partial charge in [-0.2, -0.15) is 0 Å². The summed E-state index contributed by atoms with van der Waals surface area (Å²) < 4.78 is 10.0. The quantitative estimate of drug-likeness (QED) is 0.0576. The number of nitrogens with one attached hydrogen (secondary N) is 1. The van der Waals surface area contributed by atoms with Crippen LogP contribution in [0.15, 0.2) is 0 Å². The molecule has 0 radical (unpaired) electrons. The van der Waals surface area contributed by atoms with E-state index < -0.39 is 53.9 Å². The zero-order valence-electron chi connectivity index (χ0n) is 24.1. The molecule has 0 saturated heterocycles. The summed E-state index contributed by atoms with van der Waals surface area (Å²) in [5.74, 6) is -3.65. The number of carboxylic acids is 1. The van der Waals surface area contributed by atoms with Crippen LogP contribution in [-0.4, -0.2) is 106 Å². The number of hydrogen-bond donors (Lipinski definition) is 6. The Balaban J connectivity index is 3.94. The number of carbonyl (C=O) groups is 5. The molecule has 0 spiro atoms. The number of carboxylic acid groups (broad SMARTS) is 1. The van der Waals surface area contributed by atoms with Crippen LogP contribution < -0.4 is 5.32 Å². The minimum atomic E-state index is -1.47. The Labute approximate surface area is 241 Å². The van der Waals surface area contributed by atoms with Gasteiger partial charge in [-0.25, -0.2) is 0 Å². The van der Waals surface area contributed by atoms with Gasteiger partial charge in [-0.05, 0) is 58.0 Å². The van der Waals surface area contributed by atoms with Gasteiger partial charge in [-0.3, -0.25) is 24.0 Å². The lowest BCUT2D eigenvalue weighted by Crippen LogP contribution is -2.36. The van der Waals surface area contributed by atoms with E-state index in [0.717, 1.165) is 32.1 Å². The highest BCUT2D eigenvalue weighted by atomic mass is 16.5. The average molecular weight is 592 g/mol. The van der Waals surface area contributed by atoms with Crippen LogP contribution in [0.1, 0.15) is 96.8 Å². The van der Waals surface area contributed by atoms with E-state index in [0.29, 0.717) is 6.61 Å². The second-order valence-corrected chi connectivity index (χ2v) is 9.98. The number of Topliss-reactive ketones (excluding diaryl/α,β-unsaturated/α-hetero) is 2. The van der Waals surface area contributed by atoms with Crippen LogP contribution in [0.25, 0.3) is 0 Å². The Kier molecular flexibility index (Phi) is 22.7. The number of aliphatic carboxylic acids is 1. The molecule has 0 heterocycles. The van der Waals surface area contributed by atoms with Gasteiger partial charge in [-0.15, -0.1) is 0 Å². The Morgan fingerprint density at radius 3 is 1.59 bits per heavy atom. The van der Waals surface area contributed by atoms with Crippen molar-refractivity contribution in [1.29, 1.82) is 0 Å². The molecule has 13 heteroatoms. The van der Waals surface area contributed by atoms with E-state index in [1.54, 1.807) is 0 Å². The molecule has 0 rings (SSSR count). The molecule has 13 nitrogen and oxygen atoms in total. The number of esters is 2. The maximum Gasteiger partial charge on any atom is 0.309 e.